The van der Waals surface area contributed by atoms with Crippen LogP contribution in [0.4, 0.5) is 0 Å². The Morgan fingerprint density at radius 1 is 1.17 bits per heavy atom. The molecule has 6 heteroatoms. The van der Waals surface area contributed by atoms with Crippen LogP contribution >= 0.6 is 7.72 Å². The number of hydrogen-bond acceptors (Lipinski definition) is 4. The van der Waals surface area contributed by atoms with E-state index in [1.165, 1.54) is 0 Å². The average molecular weight is 278 g/mol. The third kappa shape index (κ3) is 6.43. The summed E-state index contributed by atoms with van der Waals surface area (Å²) in [5.74, 6) is -1.48. The van der Waals surface area contributed by atoms with E-state index < -0.39 is 19.6 Å². The summed E-state index contributed by atoms with van der Waals surface area (Å²) >= 11 is 0. The number of hydrogen-bond donors (Lipinski definition) is 4. The van der Waals surface area contributed by atoms with Crippen molar-refractivity contribution in [2.75, 3.05) is 6.16 Å². The lowest BCUT2D eigenvalue weighted by Crippen LogP contribution is -2.24. The molecule has 0 radical (unpaired) electrons. The number of nitrogens with one attached hydrogen (secondary N) is 1. The van der Waals surface area contributed by atoms with E-state index >= 15 is 0 Å². The van der Waals surface area contributed by atoms with Gasteiger partial charge in [0.2, 0.25) is 5.45 Å². The summed E-state index contributed by atoms with van der Waals surface area (Å²) in [5.41, 5.74) is -0.104. The summed E-state index contributed by atoms with van der Waals surface area (Å²) in [4.78, 5) is 31.0. The van der Waals surface area contributed by atoms with Gasteiger partial charge in [-0.05, 0) is 18.3 Å². The van der Waals surface area contributed by atoms with Gasteiger partial charge in [0.15, 0.2) is 0 Å². The van der Waals surface area contributed by atoms with Crippen molar-refractivity contribution in [3.8, 4) is 0 Å². The van der Waals surface area contributed by atoms with Crippen molar-refractivity contribution in [2.45, 2.75) is 40.5 Å². The smallest absolute Gasteiger partial charge is 0.314 e. The molecular formula is C12H25NO4P+. The van der Waals surface area contributed by atoms with Gasteiger partial charge in [0, 0.05) is 6.42 Å². The second-order valence-electron chi connectivity index (χ2n) is 5.62. The Kier molecular flexibility index (Phi) is 6.97. The number of rotatable bonds is 8. The largest absolute Gasteiger partial charge is 0.481 e. The molecule has 0 saturated heterocycles. The lowest BCUT2D eigenvalue weighted by molar-refractivity contribution is -0.141. The second kappa shape index (κ2) is 7.17. The van der Waals surface area contributed by atoms with Gasteiger partial charge in [-0.2, -0.15) is 0 Å². The molecule has 1 unspecified atom stereocenters. The van der Waals surface area contributed by atoms with E-state index in [-0.39, 0.29) is 23.5 Å². The molecule has 0 aromatic heterocycles. The molecule has 0 rings (SSSR count). The minimum atomic E-state index is -3.55. The second-order valence-corrected chi connectivity index (χ2v) is 7.99. The average Bonchev–Trinajstić information content (AvgIpc) is 2.14. The zero-order valence-electron chi connectivity index (χ0n) is 11.6. The molecule has 18 heavy (non-hydrogen) atoms. The fourth-order valence-corrected chi connectivity index (χ4v) is 3.57. The molecule has 0 fully saturated rings. The Hall–Kier alpha value is -0.510. The van der Waals surface area contributed by atoms with Gasteiger partial charge < -0.3 is 5.11 Å². The Labute approximate surface area is 109 Å². The van der Waals surface area contributed by atoms with Gasteiger partial charge in [-0.1, -0.05) is 27.7 Å². The molecule has 1 atom stereocenters. The van der Waals surface area contributed by atoms with Crippen LogP contribution in [0.1, 0.15) is 40.5 Å². The van der Waals surface area contributed by atoms with Crippen LogP contribution in [0.5, 0.6) is 0 Å². The summed E-state index contributed by atoms with van der Waals surface area (Å²) in [6.45, 7) is 7.56. The van der Waals surface area contributed by atoms with Crippen molar-refractivity contribution in [1.29, 1.82) is 5.41 Å². The quantitative estimate of drug-likeness (QED) is 0.405. The van der Waals surface area contributed by atoms with Gasteiger partial charge >= 0.3 is 13.7 Å². The van der Waals surface area contributed by atoms with E-state index in [0.29, 0.717) is 12.8 Å². The molecule has 0 aliphatic carbocycles. The van der Waals surface area contributed by atoms with Crippen LogP contribution in [0.2, 0.25) is 0 Å². The van der Waals surface area contributed by atoms with Crippen molar-refractivity contribution in [2.24, 2.45) is 17.8 Å². The van der Waals surface area contributed by atoms with Crippen molar-refractivity contribution in [1.82, 2.24) is 0 Å². The van der Waals surface area contributed by atoms with E-state index in [9.17, 15) is 14.6 Å². The first-order valence-corrected chi connectivity index (χ1v) is 8.08. The van der Waals surface area contributed by atoms with Crippen LogP contribution in [-0.4, -0.2) is 32.5 Å². The Morgan fingerprint density at radius 3 is 2.00 bits per heavy atom. The van der Waals surface area contributed by atoms with E-state index in [2.05, 4.69) is 0 Å². The topological polar surface area (TPSA) is 102 Å². The highest BCUT2D eigenvalue weighted by atomic mass is 31.2. The zero-order valence-corrected chi connectivity index (χ0v) is 12.4. The van der Waals surface area contributed by atoms with Gasteiger partial charge in [0.1, 0.15) is 6.16 Å². The van der Waals surface area contributed by atoms with Crippen LogP contribution in [0.25, 0.3) is 0 Å². The van der Waals surface area contributed by atoms with E-state index in [1.807, 2.05) is 27.7 Å². The van der Waals surface area contributed by atoms with Crippen molar-refractivity contribution in [3.63, 3.8) is 0 Å². The maximum absolute atomic E-state index is 11.1. The molecule has 0 saturated carbocycles. The van der Waals surface area contributed by atoms with Gasteiger partial charge in [-0.15, -0.1) is 0 Å². The lowest BCUT2D eigenvalue weighted by Gasteiger charge is -2.19. The first-order valence-electron chi connectivity index (χ1n) is 6.20. The van der Waals surface area contributed by atoms with Gasteiger partial charge in [0.05, 0.1) is 5.92 Å². The van der Waals surface area contributed by atoms with Gasteiger partial charge in [-0.3, -0.25) is 10.2 Å². The predicted molar refractivity (Wildman–Crippen MR) is 74.0 cm³/mol. The number of carboxylic acid groups (broad SMARTS) is 1. The fraction of sp³-hybridized carbons (Fsp3) is 0.833. The van der Waals surface area contributed by atoms with E-state index in [0.717, 1.165) is 0 Å². The standard InChI is InChI=1S/C12H24NO4P/c1-8(2)5-10(12(14)15)7-18(16,17)11(13)6-9(3)4/h8-10,13,16-17H,5-7H2,1-4H3/p+1. The SMILES string of the molecule is CC(C)CC(=N)[P+](O)(O)CC(CC(C)C)C(=O)O. The predicted octanol–water partition coefficient (Wildman–Crippen LogP) is 2.59. The molecule has 0 aromatic carbocycles. The molecule has 0 spiro atoms. The normalized spacial score (nSPS) is 14.0. The van der Waals surface area contributed by atoms with Gasteiger partial charge in [0.25, 0.3) is 0 Å². The fourth-order valence-electron chi connectivity index (χ4n) is 1.77. The minimum absolute atomic E-state index is 0.104. The lowest BCUT2D eigenvalue weighted by atomic mass is 9.99. The molecule has 5 nitrogen and oxygen atoms in total. The third-order valence-electron chi connectivity index (χ3n) is 2.61. The summed E-state index contributed by atoms with van der Waals surface area (Å²) < 4.78 is 0. The number of carbonyl (C=O) groups is 1. The molecular weight excluding hydrogens is 253 g/mol. The van der Waals surface area contributed by atoms with E-state index in [4.69, 9.17) is 10.5 Å². The summed E-state index contributed by atoms with van der Waals surface area (Å²) in [6, 6.07) is 0. The first-order chi connectivity index (χ1) is 8.06. The Balaban J connectivity index is 4.69. The van der Waals surface area contributed by atoms with Gasteiger partial charge in [-0.25, -0.2) is 9.79 Å². The Bertz CT molecular complexity index is 302. The molecule has 0 aliphatic rings. The summed E-state index contributed by atoms with van der Waals surface area (Å²) in [5, 5.41) is 16.8. The first kappa shape index (κ1) is 17.5. The molecule has 0 bridgehead atoms. The summed E-state index contributed by atoms with van der Waals surface area (Å²) in [7, 11) is -3.55. The summed E-state index contributed by atoms with van der Waals surface area (Å²) in [6.07, 6.45) is 0.480. The van der Waals surface area contributed by atoms with Crippen LogP contribution < -0.4 is 0 Å². The minimum Gasteiger partial charge on any atom is -0.481 e. The Morgan fingerprint density at radius 2 is 1.67 bits per heavy atom. The molecule has 4 N–H and O–H groups in total. The molecule has 0 amide bonds. The molecule has 0 aliphatic heterocycles. The van der Waals surface area contributed by atoms with Crippen molar-refractivity contribution < 1.29 is 19.7 Å². The maximum atomic E-state index is 11.1. The highest BCUT2D eigenvalue weighted by Gasteiger charge is 2.44. The number of carboxylic acids is 1. The number of aliphatic carboxylic acids is 1. The monoisotopic (exact) mass is 278 g/mol. The van der Waals surface area contributed by atoms with Crippen LogP contribution in [-0.2, 0) is 4.79 Å². The van der Waals surface area contributed by atoms with Crippen molar-refractivity contribution >= 4 is 19.1 Å². The maximum Gasteiger partial charge on any atom is 0.314 e. The zero-order chi connectivity index (χ0) is 14.5. The highest BCUT2D eigenvalue weighted by Crippen LogP contribution is 2.54. The molecule has 0 heterocycles. The van der Waals surface area contributed by atoms with Crippen LogP contribution in [0.3, 0.4) is 0 Å². The van der Waals surface area contributed by atoms with Crippen molar-refractivity contribution in [3.05, 3.63) is 0 Å². The highest BCUT2D eigenvalue weighted by molar-refractivity contribution is 7.81. The molecule has 0 aromatic rings. The van der Waals surface area contributed by atoms with Crippen LogP contribution in [0, 0.1) is 23.2 Å². The molecule has 106 valence electrons. The van der Waals surface area contributed by atoms with Crippen LogP contribution in [0.15, 0.2) is 0 Å². The third-order valence-corrected chi connectivity index (χ3v) is 4.61. The van der Waals surface area contributed by atoms with E-state index in [1.54, 1.807) is 0 Å².